The molecule has 20 heavy (non-hydrogen) atoms. The van der Waals surface area contributed by atoms with Gasteiger partial charge in [-0.15, -0.1) is 0 Å². The lowest BCUT2D eigenvalue weighted by molar-refractivity contribution is 0.112. The standard InChI is InChI=1S/C14H10N2O4/c17-8-10-3-5-11(6-4-10)19-9-13-15-14(20-16-13)12-2-1-7-18-12/h1-8H,9H2. The maximum Gasteiger partial charge on any atom is 0.293 e. The summed E-state index contributed by atoms with van der Waals surface area (Å²) in [5.74, 6) is 1.86. The van der Waals surface area contributed by atoms with Crippen LogP contribution in [0.25, 0.3) is 11.7 Å². The highest BCUT2D eigenvalue weighted by atomic mass is 16.5. The van der Waals surface area contributed by atoms with Crippen LogP contribution in [-0.2, 0) is 6.61 Å². The van der Waals surface area contributed by atoms with E-state index in [1.807, 2.05) is 0 Å². The molecule has 6 heteroatoms. The summed E-state index contributed by atoms with van der Waals surface area (Å²) >= 11 is 0. The predicted molar refractivity (Wildman–Crippen MR) is 68.2 cm³/mol. The van der Waals surface area contributed by atoms with Gasteiger partial charge in [0.05, 0.1) is 6.26 Å². The van der Waals surface area contributed by atoms with Crippen LogP contribution >= 0.6 is 0 Å². The Balaban J connectivity index is 1.64. The molecule has 1 aromatic carbocycles. The molecule has 0 unspecified atom stereocenters. The maximum absolute atomic E-state index is 10.5. The number of hydrogen-bond donors (Lipinski definition) is 0. The molecule has 3 rings (SSSR count). The molecule has 0 atom stereocenters. The van der Waals surface area contributed by atoms with E-state index in [4.69, 9.17) is 13.7 Å². The Morgan fingerprint density at radius 3 is 2.75 bits per heavy atom. The first-order chi connectivity index (χ1) is 9.85. The normalized spacial score (nSPS) is 10.4. The van der Waals surface area contributed by atoms with Crippen LogP contribution in [0.4, 0.5) is 0 Å². The third-order valence-corrected chi connectivity index (χ3v) is 2.58. The van der Waals surface area contributed by atoms with E-state index in [1.165, 1.54) is 6.26 Å². The summed E-state index contributed by atoms with van der Waals surface area (Å²) in [6.07, 6.45) is 2.31. The van der Waals surface area contributed by atoms with Gasteiger partial charge in [-0.05, 0) is 36.4 Å². The van der Waals surface area contributed by atoms with Crippen molar-refractivity contribution < 1.29 is 18.5 Å². The van der Waals surface area contributed by atoms with Gasteiger partial charge >= 0.3 is 0 Å². The van der Waals surface area contributed by atoms with Gasteiger partial charge in [0.2, 0.25) is 5.82 Å². The van der Waals surface area contributed by atoms with Crippen molar-refractivity contribution in [2.45, 2.75) is 6.61 Å². The quantitative estimate of drug-likeness (QED) is 0.663. The monoisotopic (exact) mass is 270 g/mol. The SMILES string of the molecule is O=Cc1ccc(OCc2noc(-c3ccco3)n2)cc1. The molecule has 0 saturated carbocycles. The smallest absolute Gasteiger partial charge is 0.293 e. The minimum atomic E-state index is 0.171. The Hall–Kier alpha value is -2.89. The van der Waals surface area contributed by atoms with E-state index in [-0.39, 0.29) is 6.61 Å². The summed E-state index contributed by atoms with van der Waals surface area (Å²) in [7, 11) is 0. The third kappa shape index (κ3) is 2.59. The number of rotatable bonds is 5. The summed E-state index contributed by atoms with van der Waals surface area (Å²) < 4.78 is 15.7. The van der Waals surface area contributed by atoms with Gasteiger partial charge in [-0.3, -0.25) is 4.79 Å². The van der Waals surface area contributed by atoms with Crippen molar-refractivity contribution in [1.82, 2.24) is 10.1 Å². The average Bonchev–Trinajstić information content (AvgIpc) is 3.16. The maximum atomic E-state index is 10.5. The van der Waals surface area contributed by atoms with Gasteiger partial charge in [0.25, 0.3) is 5.89 Å². The van der Waals surface area contributed by atoms with Gasteiger partial charge in [0.15, 0.2) is 12.4 Å². The molecule has 0 N–H and O–H groups in total. The van der Waals surface area contributed by atoms with Crippen LogP contribution in [0.15, 0.2) is 51.6 Å². The number of nitrogens with zero attached hydrogens (tertiary/aromatic N) is 2. The number of ether oxygens (including phenoxy) is 1. The van der Waals surface area contributed by atoms with E-state index in [0.717, 1.165) is 6.29 Å². The van der Waals surface area contributed by atoms with Crippen LogP contribution in [0.2, 0.25) is 0 Å². The lowest BCUT2D eigenvalue weighted by Crippen LogP contribution is -1.97. The highest BCUT2D eigenvalue weighted by Gasteiger charge is 2.11. The van der Waals surface area contributed by atoms with Gasteiger partial charge in [0, 0.05) is 5.56 Å². The lowest BCUT2D eigenvalue weighted by Gasteiger charge is -2.02. The van der Waals surface area contributed by atoms with Crippen molar-refractivity contribution in [3.05, 3.63) is 54.0 Å². The molecule has 0 amide bonds. The van der Waals surface area contributed by atoms with Gasteiger partial charge in [-0.2, -0.15) is 4.98 Å². The molecule has 0 radical (unpaired) electrons. The van der Waals surface area contributed by atoms with Crippen molar-refractivity contribution in [1.29, 1.82) is 0 Å². The Morgan fingerprint density at radius 2 is 2.05 bits per heavy atom. The van der Waals surface area contributed by atoms with Crippen molar-refractivity contribution in [3.63, 3.8) is 0 Å². The second-order valence-electron chi connectivity index (χ2n) is 3.97. The van der Waals surface area contributed by atoms with Crippen molar-refractivity contribution in [2.75, 3.05) is 0 Å². The Bertz CT molecular complexity index is 686. The summed E-state index contributed by atoms with van der Waals surface area (Å²) in [5, 5.41) is 3.79. The lowest BCUT2D eigenvalue weighted by atomic mass is 10.2. The van der Waals surface area contributed by atoms with Crippen LogP contribution in [0, 0.1) is 0 Å². The number of benzene rings is 1. The van der Waals surface area contributed by atoms with E-state index < -0.39 is 0 Å². The zero-order chi connectivity index (χ0) is 13.8. The molecule has 3 aromatic rings. The summed E-state index contributed by atoms with van der Waals surface area (Å²) in [4.78, 5) is 14.7. The highest BCUT2D eigenvalue weighted by molar-refractivity contribution is 5.74. The predicted octanol–water partition coefficient (Wildman–Crippen LogP) is 2.72. The number of hydrogen-bond acceptors (Lipinski definition) is 6. The van der Waals surface area contributed by atoms with Crippen molar-refractivity contribution in [2.24, 2.45) is 0 Å². The molecule has 100 valence electrons. The van der Waals surface area contributed by atoms with E-state index in [9.17, 15) is 4.79 Å². The summed E-state index contributed by atoms with van der Waals surface area (Å²) in [5.41, 5.74) is 0.594. The van der Waals surface area contributed by atoms with Crippen LogP contribution in [-0.4, -0.2) is 16.4 Å². The second-order valence-corrected chi connectivity index (χ2v) is 3.97. The van der Waals surface area contributed by atoms with E-state index in [1.54, 1.807) is 36.4 Å². The third-order valence-electron chi connectivity index (χ3n) is 2.58. The zero-order valence-electron chi connectivity index (χ0n) is 10.4. The molecule has 0 spiro atoms. The van der Waals surface area contributed by atoms with Gasteiger partial charge in [-0.25, -0.2) is 0 Å². The molecule has 0 saturated heterocycles. The number of aromatic nitrogens is 2. The number of furan rings is 1. The molecule has 0 aliphatic carbocycles. The molecule has 0 aliphatic rings. The fourth-order valence-corrected chi connectivity index (χ4v) is 1.60. The van der Waals surface area contributed by atoms with E-state index in [2.05, 4.69) is 10.1 Å². The second kappa shape index (κ2) is 5.40. The average molecular weight is 270 g/mol. The first-order valence-corrected chi connectivity index (χ1v) is 5.89. The van der Waals surface area contributed by atoms with Crippen LogP contribution in [0.1, 0.15) is 16.2 Å². The van der Waals surface area contributed by atoms with Crippen LogP contribution < -0.4 is 4.74 Å². The molecule has 2 aromatic heterocycles. The minimum Gasteiger partial charge on any atom is -0.485 e. The Morgan fingerprint density at radius 1 is 1.20 bits per heavy atom. The minimum absolute atomic E-state index is 0.171. The highest BCUT2D eigenvalue weighted by Crippen LogP contribution is 2.18. The Kier molecular flexibility index (Phi) is 3.28. The summed E-state index contributed by atoms with van der Waals surface area (Å²) in [6.45, 7) is 0.171. The van der Waals surface area contributed by atoms with Gasteiger partial charge in [-0.1, -0.05) is 5.16 Å². The Labute approximate surface area is 114 Å². The molecular weight excluding hydrogens is 260 g/mol. The van der Waals surface area contributed by atoms with Gasteiger partial charge in [0.1, 0.15) is 12.0 Å². The van der Waals surface area contributed by atoms with Gasteiger partial charge < -0.3 is 13.7 Å². The molecule has 0 aliphatic heterocycles. The van der Waals surface area contributed by atoms with E-state index in [0.29, 0.717) is 28.8 Å². The zero-order valence-corrected chi connectivity index (χ0v) is 10.4. The first kappa shape index (κ1) is 12.2. The number of carbonyl (C=O) groups excluding carboxylic acids is 1. The van der Waals surface area contributed by atoms with E-state index >= 15 is 0 Å². The fraction of sp³-hybridized carbons (Fsp3) is 0.0714. The molecule has 6 nitrogen and oxygen atoms in total. The van der Waals surface area contributed by atoms with Crippen molar-refractivity contribution in [3.8, 4) is 17.4 Å². The van der Waals surface area contributed by atoms with Crippen molar-refractivity contribution >= 4 is 6.29 Å². The first-order valence-electron chi connectivity index (χ1n) is 5.89. The topological polar surface area (TPSA) is 78.4 Å². The number of aldehydes is 1. The molecule has 2 heterocycles. The molecule has 0 bridgehead atoms. The molecular formula is C14H10N2O4. The van der Waals surface area contributed by atoms with Crippen LogP contribution in [0.3, 0.4) is 0 Å². The number of carbonyl (C=O) groups is 1. The largest absolute Gasteiger partial charge is 0.485 e. The summed E-state index contributed by atoms with van der Waals surface area (Å²) in [6, 6.07) is 10.2. The fourth-order valence-electron chi connectivity index (χ4n) is 1.60. The van der Waals surface area contributed by atoms with Crippen LogP contribution in [0.5, 0.6) is 5.75 Å². The molecule has 0 fully saturated rings.